The summed E-state index contributed by atoms with van der Waals surface area (Å²) in [6.45, 7) is 1.73. The first-order valence-corrected chi connectivity index (χ1v) is 6.40. The van der Waals surface area contributed by atoms with Crippen LogP contribution in [0.1, 0.15) is 15.9 Å². The molecule has 3 N–H and O–H groups in total. The van der Waals surface area contributed by atoms with E-state index in [1.807, 2.05) is 0 Å². The van der Waals surface area contributed by atoms with E-state index in [-0.39, 0.29) is 11.6 Å². The third-order valence-electron chi connectivity index (χ3n) is 2.72. The van der Waals surface area contributed by atoms with Gasteiger partial charge in [0.25, 0.3) is 5.91 Å². The molecular formula is C14H12BrFN2O. The summed E-state index contributed by atoms with van der Waals surface area (Å²) in [6, 6.07) is 9.44. The third kappa shape index (κ3) is 2.93. The molecule has 0 radical (unpaired) electrons. The van der Waals surface area contributed by atoms with Crippen molar-refractivity contribution in [1.29, 1.82) is 0 Å². The highest BCUT2D eigenvalue weighted by Crippen LogP contribution is 2.23. The Hall–Kier alpha value is -1.88. The molecule has 0 atom stereocenters. The van der Waals surface area contributed by atoms with Crippen LogP contribution < -0.4 is 11.1 Å². The Morgan fingerprint density at radius 3 is 2.68 bits per heavy atom. The first kappa shape index (κ1) is 13.5. The number of amides is 1. The van der Waals surface area contributed by atoms with E-state index in [1.165, 1.54) is 6.07 Å². The van der Waals surface area contributed by atoms with Crippen molar-refractivity contribution in [1.82, 2.24) is 0 Å². The summed E-state index contributed by atoms with van der Waals surface area (Å²) in [4.78, 5) is 12.0. The number of anilines is 2. The number of carbonyl (C=O) groups is 1. The van der Waals surface area contributed by atoms with Gasteiger partial charge < -0.3 is 11.1 Å². The number of rotatable bonds is 2. The summed E-state index contributed by atoms with van der Waals surface area (Å²) >= 11 is 3.25. The fourth-order valence-corrected chi connectivity index (χ4v) is 2.02. The van der Waals surface area contributed by atoms with Crippen LogP contribution in [0.15, 0.2) is 40.9 Å². The van der Waals surface area contributed by atoms with Crippen LogP contribution in [0.2, 0.25) is 0 Å². The van der Waals surface area contributed by atoms with Crippen molar-refractivity contribution in [3.63, 3.8) is 0 Å². The number of nitrogen functional groups attached to an aromatic ring is 1. The van der Waals surface area contributed by atoms with E-state index in [1.54, 1.807) is 37.3 Å². The number of halogens is 2. The summed E-state index contributed by atoms with van der Waals surface area (Å²) in [5, 5.41) is 2.57. The zero-order valence-corrected chi connectivity index (χ0v) is 11.8. The Bertz CT molecular complexity index is 623. The lowest BCUT2D eigenvalue weighted by atomic mass is 10.1. The molecule has 1 amide bonds. The second-order valence-corrected chi connectivity index (χ2v) is 4.98. The van der Waals surface area contributed by atoms with Crippen LogP contribution in [-0.2, 0) is 0 Å². The van der Waals surface area contributed by atoms with Gasteiger partial charge in [-0.25, -0.2) is 4.39 Å². The van der Waals surface area contributed by atoms with Gasteiger partial charge in [-0.3, -0.25) is 4.79 Å². The zero-order valence-electron chi connectivity index (χ0n) is 10.2. The predicted octanol–water partition coefficient (Wildman–Crippen LogP) is 3.73. The Labute approximate surface area is 118 Å². The number of carbonyl (C=O) groups excluding carboxylic acids is 1. The molecule has 2 rings (SSSR count). The molecule has 0 spiro atoms. The number of nitrogens with two attached hydrogens (primary N) is 1. The highest BCUT2D eigenvalue weighted by atomic mass is 79.9. The number of aryl methyl sites for hydroxylation is 1. The quantitative estimate of drug-likeness (QED) is 0.828. The SMILES string of the molecule is Cc1cccc(F)c1NC(=O)c1ccc(N)c(Br)c1. The van der Waals surface area contributed by atoms with Crippen LogP contribution in [0, 0.1) is 12.7 Å². The number of para-hydroxylation sites is 1. The fourth-order valence-electron chi connectivity index (χ4n) is 1.64. The highest BCUT2D eigenvalue weighted by molar-refractivity contribution is 9.10. The summed E-state index contributed by atoms with van der Waals surface area (Å²) < 4.78 is 14.3. The molecule has 0 aliphatic carbocycles. The Morgan fingerprint density at radius 1 is 1.32 bits per heavy atom. The Balaban J connectivity index is 2.28. The normalized spacial score (nSPS) is 10.3. The van der Waals surface area contributed by atoms with E-state index in [9.17, 15) is 9.18 Å². The summed E-state index contributed by atoms with van der Waals surface area (Å²) in [6.07, 6.45) is 0. The molecule has 98 valence electrons. The number of nitrogens with one attached hydrogen (secondary N) is 1. The summed E-state index contributed by atoms with van der Waals surface area (Å²) in [7, 11) is 0. The van der Waals surface area contributed by atoms with Crippen molar-refractivity contribution < 1.29 is 9.18 Å². The molecule has 3 nitrogen and oxygen atoms in total. The maximum atomic E-state index is 13.6. The molecule has 0 aliphatic rings. The monoisotopic (exact) mass is 322 g/mol. The molecule has 2 aromatic rings. The lowest BCUT2D eigenvalue weighted by Gasteiger charge is -2.10. The minimum atomic E-state index is -0.456. The predicted molar refractivity (Wildman–Crippen MR) is 77.6 cm³/mol. The maximum absolute atomic E-state index is 13.6. The van der Waals surface area contributed by atoms with E-state index >= 15 is 0 Å². The van der Waals surface area contributed by atoms with Gasteiger partial charge in [0.05, 0.1) is 5.69 Å². The molecule has 2 aromatic carbocycles. The van der Waals surface area contributed by atoms with Gasteiger partial charge in [-0.05, 0) is 52.7 Å². The minimum Gasteiger partial charge on any atom is -0.398 e. The van der Waals surface area contributed by atoms with Crippen LogP contribution in [0.5, 0.6) is 0 Å². The van der Waals surface area contributed by atoms with Crippen LogP contribution in [0.25, 0.3) is 0 Å². The van der Waals surface area contributed by atoms with E-state index in [0.29, 0.717) is 21.3 Å². The van der Waals surface area contributed by atoms with Crippen LogP contribution in [-0.4, -0.2) is 5.91 Å². The Kier molecular flexibility index (Phi) is 3.85. The van der Waals surface area contributed by atoms with Gasteiger partial charge in [-0.1, -0.05) is 12.1 Å². The third-order valence-corrected chi connectivity index (χ3v) is 3.41. The van der Waals surface area contributed by atoms with Crippen molar-refractivity contribution in [2.45, 2.75) is 6.92 Å². The average Bonchev–Trinajstić information content (AvgIpc) is 2.37. The summed E-state index contributed by atoms with van der Waals surface area (Å²) in [5.74, 6) is -0.836. The largest absolute Gasteiger partial charge is 0.398 e. The molecule has 0 unspecified atom stereocenters. The molecule has 0 saturated heterocycles. The van der Waals surface area contributed by atoms with Gasteiger partial charge in [0.1, 0.15) is 5.82 Å². The highest BCUT2D eigenvalue weighted by Gasteiger charge is 2.12. The van der Waals surface area contributed by atoms with Gasteiger partial charge in [0.15, 0.2) is 0 Å². The number of hydrogen-bond donors (Lipinski definition) is 2. The van der Waals surface area contributed by atoms with Crippen molar-refractivity contribution >= 4 is 33.2 Å². The molecule has 0 heterocycles. The number of benzene rings is 2. The number of hydrogen-bond acceptors (Lipinski definition) is 2. The fraction of sp³-hybridized carbons (Fsp3) is 0.0714. The van der Waals surface area contributed by atoms with E-state index in [2.05, 4.69) is 21.2 Å². The van der Waals surface area contributed by atoms with Crippen molar-refractivity contribution in [3.8, 4) is 0 Å². The van der Waals surface area contributed by atoms with Gasteiger partial charge in [-0.2, -0.15) is 0 Å². The summed E-state index contributed by atoms with van der Waals surface area (Å²) in [5.41, 5.74) is 7.46. The standard InChI is InChI=1S/C14H12BrFN2O/c1-8-3-2-4-11(16)13(8)18-14(19)9-5-6-12(17)10(15)7-9/h2-7H,17H2,1H3,(H,18,19). The van der Waals surface area contributed by atoms with Crippen LogP contribution in [0.3, 0.4) is 0 Å². The first-order valence-electron chi connectivity index (χ1n) is 5.60. The second-order valence-electron chi connectivity index (χ2n) is 4.12. The van der Waals surface area contributed by atoms with Gasteiger partial charge in [0.2, 0.25) is 0 Å². The molecule has 19 heavy (non-hydrogen) atoms. The van der Waals surface area contributed by atoms with Gasteiger partial charge in [-0.15, -0.1) is 0 Å². The van der Waals surface area contributed by atoms with Crippen molar-refractivity contribution in [2.75, 3.05) is 11.1 Å². The smallest absolute Gasteiger partial charge is 0.255 e. The average molecular weight is 323 g/mol. The molecule has 0 aliphatic heterocycles. The Morgan fingerprint density at radius 2 is 2.05 bits per heavy atom. The van der Waals surface area contributed by atoms with Crippen molar-refractivity contribution in [3.05, 3.63) is 57.8 Å². The molecule has 0 aromatic heterocycles. The molecule has 0 bridgehead atoms. The van der Waals surface area contributed by atoms with E-state index in [4.69, 9.17) is 5.73 Å². The lowest BCUT2D eigenvalue weighted by Crippen LogP contribution is -2.14. The van der Waals surface area contributed by atoms with Crippen LogP contribution >= 0.6 is 15.9 Å². The topological polar surface area (TPSA) is 55.1 Å². The second kappa shape index (κ2) is 5.40. The molecule has 5 heteroatoms. The first-order chi connectivity index (χ1) is 8.99. The maximum Gasteiger partial charge on any atom is 0.255 e. The minimum absolute atomic E-state index is 0.195. The lowest BCUT2D eigenvalue weighted by molar-refractivity contribution is 0.102. The van der Waals surface area contributed by atoms with Crippen molar-refractivity contribution in [2.24, 2.45) is 0 Å². The molecule has 0 saturated carbocycles. The van der Waals surface area contributed by atoms with E-state index < -0.39 is 5.82 Å². The van der Waals surface area contributed by atoms with Gasteiger partial charge in [0, 0.05) is 15.7 Å². The van der Waals surface area contributed by atoms with Gasteiger partial charge >= 0.3 is 0 Å². The molecular weight excluding hydrogens is 311 g/mol. The van der Waals surface area contributed by atoms with Crippen LogP contribution in [0.4, 0.5) is 15.8 Å². The zero-order chi connectivity index (χ0) is 14.0. The molecule has 0 fully saturated rings. The van der Waals surface area contributed by atoms with E-state index in [0.717, 1.165) is 0 Å².